The smallest absolute Gasteiger partial charge is 0.376 e. The topological polar surface area (TPSA) is 262 Å². The minimum absolute atomic E-state index is 0.0292. The molecule has 5 N–H and O–H groups in total. The second-order valence-corrected chi connectivity index (χ2v) is 26.3. The van der Waals surface area contributed by atoms with Gasteiger partial charge in [-0.3, -0.25) is 52.8 Å². The number of β-amino-alcohol motifs (C(OH)–C–C–N with tert-alkyl or cyclic N) is 1. The fraction of sp³-hybridized carbons (Fsp3) is 0.688. The molecule has 6 rings (SSSR count). The van der Waals surface area contributed by atoms with Crippen LogP contribution < -0.4 is 21.3 Å². The molecular weight excluding hydrogens is 1190 g/mol. The number of alkyl halides is 3. The maximum Gasteiger partial charge on any atom is 0.417 e. The molecule has 500 valence electrons. The average molecular weight is 1290 g/mol. The van der Waals surface area contributed by atoms with Crippen LogP contribution in [0.25, 0.3) is 0 Å². The highest BCUT2D eigenvalue weighted by Gasteiger charge is 2.50. The van der Waals surface area contributed by atoms with Gasteiger partial charge in [-0.2, -0.15) is 13.2 Å². The predicted octanol–water partition coefficient (Wildman–Crippen LogP) is 5.10. The van der Waals surface area contributed by atoms with Gasteiger partial charge in [0, 0.05) is 53.7 Å². The Kier molecular flexibility index (Phi) is 25.5. The SMILES string of the molecule is C=C1C(=O)N[C@@H]([C@@H](C)CC)C(=O)N(C)CC(O)N(C)CC(=O)N(C)[C@@H](CC2CCCCC2)C(=O)N2CCCC[C@@H]2C(=O)N/C(=C\Cc2ccc(C(F)(F)F)c(Cl)c2)C(=O)N2CCC[C@H]2C(=O)NC2(CCCC2)C(=O)N(C)[C@@H](C(C)C)C(=O)N[C@H](C)CC(=O)N1C. The number of rotatable bonds is 7. The Morgan fingerprint density at radius 3 is 2.01 bits per heavy atom. The molecule has 5 fully saturated rings. The third-order valence-electron chi connectivity index (χ3n) is 19.0. The van der Waals surface area contributed by atoms with Gasteiger partial charge in [0.2, 0.25) is 47.3 Å². The van der Waals surface area contributed by atoms with Crippen LogP contribution in [0.5, 0.6) is 0 Å². The molecule has 2 saturated carbocycles. The van der Waals surface area contributed by atoms with Gasteiger partial charge in [0.15, 0.2) is 0 Å². The van der Waals surface area contributed by atoms with Crippen molar-refractivity contribution in [2.75, 3.05) is 61.4 Å². The molecule has 3 heterocycles. The van der Waals surface area contributed by atoms with Crippen LogP contribution in [0.3, 0.4) is 0 Å². The molecule has 0 aromatic heterocycles. The number of aliphatic hydroxyl groups is 1. The van der Waals surface area contributed by atoms with Gasteiger partial charge in [-0.25, -0.2) is 0 Å². The number of allylic oxidation sites excluding steroid dienone is 1. The Morgan fingerprint density at radius 1 is 0.767 bits per heavy atom. The van der Waals surface area contributed by atoms with E-state index >= 15 is 14.4 Å². The fourth-order valence-corrected chi connectivity index (χ4v) is 13.5. The summed E-state index contributed by atoms with van der Waals surface area (Å²) in [5, 5.41) is 22.3. The number of hydrogen-bond donors (Lipinski definition) is 5. The summed E-state index contributed by atoms with van der Waals surface area (Å²) in [4.78, 5) is 155. The number of hydrogen-bond acceptors (Lipinski definition) is 12. The van der Waals surface area contributed by atoms with Crippen LogP contribution in [0.1, 0.15) is 155 Å². The van der Waals surface area contributed by atoms with Gasteiger partial charge >= 0.3 is 6.18 Å². The summed E-state index contributed by atoms with van der Waals surface area (Å²) in [6.45, 7) is 11.9. The highest BCUT2D eigenvalue weighted by Crippen LogP contribution is 2.37. The van der Waals surface area contributed by atoms with Crippen LogP contribution in [0, 0.1) is 17.8 Å². The first-order valence-electron chi connectivity index (χ1n) is 31.8. The first-order chi connectivity index (χ1) is 42.3. The lowest BCUT2D eigenvalue weighted by atomic mass is 9.84. The second kappa shape index (κ2) is 31.6. The van der Waals surface area contributed by atoms with E-state index in [2.05, 4.69) is 27.8 Å². The van der Waals surface area contributed by atoms with Gasteiger partial charge in [-0.1, -0.05) is 109 Å². The molecule has 0 radical (unpaired) electrons. The summed E-state index contributed by atoms with van der Waals surface area (Å²) < 4.78 is 41.5. The summed E-state index contributed by atoms with van der Waals surface area (Å²) in [6.07, 6.45) is 2.90. The molecule has 10 amide bonds. The first-order valence-corrected chi connectivity index (χ1v) is 32.2. The number of carbonyl (C=O) groups is 10. The van der Waals surface area contributed by atoms with E-state index in [1.807, 2.05) is 6.92 Å². The number of aliphatic hydroxyl groups excluding tert-OH is 1. The minimum atomic E-state index is -4.76. The highest BCUT2D eigenvalue weighted by molar-refractivity contribution is 6.31. The molecule has 26 heteroatoms. The number of nitrogens with one attached hydrogen (secondary N) is 4. The minimum Gasteiger partial charge on any atom is -0.376 e. The van der Waals surface area contributed by atoms with Crippen LogP contribution in [0.2, 0.25) is 5.02 Å². The molecule has 1 spiro atoms. The summed E-state index contributed by atoms with van der Waals surface area (Å²) >= 11 is 6.14. The molecule has 2 aliphatic carbocycles. The number of nitrogens with zero attached hydrogens (tertiary/aromatic N) is 7. The van der Waals surface area contributed by atoms with Crippen LogP contribution in [0.15, 0.2) is 42.2 Å². The number of likely N-dealkylation sites (N-methyl/N-ethyl adjacent to an activating group) is 5. The zero-order valence-corrected chi connectivity index (χ0v) is 54.8. The van der Waals surface area contributed by atoms with Gasteiger partial charge < -0.3 is 55.8 Å². The number of halogens is 4. The van der Waals surface area contributed by atoms with E-state index in [4.69, 9.17) is 11.6 Å². The number of carbonyl (C=O) groups excluding carboxylic acids is 10. The standard InChI is InChI=1S/C64H95ClF3N11O11/c1-12-39(4)53-61(89)74(8)36-51(81)73(7)37-52(82)76(10)49(35-42-21-14-13-15-22-42)60(88)79-31-19-16-23-47(79)56(84)70-46(28-26-43-25-27-44(45(65)34-43)64(66,67)68)59(87)78-32-20-24-48(78)57(85)72-63(29-17-18-30-63)62(90)77(11)54(38(2)3)58(86)69-40(5)33-50(80)75(9)41(6)55(83)71-53/h25,27-28,34,38-40,42,47-49,51,53-54,81H,6,12-24,26,29-33,35-37H2,1-5,7-11H3,(H,69,86)(H,70,84)(H,71,83)(H,72,85)/b46-28-/t39-,40+,47+,48-,49-,51?,53-,54-/m0/s1. The number of fused-ring (bicyclic) bond motifs is 2. The molecule has 3 aliphatic heterocycles. The third kappa shape index (κ3) is 17.7. The maximum absolute atomic E-state index is 15.3. The van der Waals surface area contributed by atoms with Crippen molar-refractivity contribution in [2.24, 2.45) is 17.8 Å². The van der Waals surface area contributed by atoms with Crippen LogP contribution >= 0.6 is 11.6 Å². The van der Waals surface area contributed by atoms with Crippen molar-refractivity contribution in [3.8, 4) is 0 Å². The largest absolute Gasteiger partial charge is 0.417 e. The van der Waals surface area contributed by atoms with E-state index in [0.29, 0.717) is 38.5 Å². The van der Waals surface area contributed by atoms with Gasteiger partial charge in [-0.05, 0) is 107 Å². The van der Waals surface area contributed by atoms with Gasteiger partial charge in [0.25, 0.3) is 11.8 Å². The third-order valence-corrected chi connectivity index (χ3v) is 19.3. The number of piperidine rings is 1. The molecule has 8 atom stereocenters. The lowest BCUT2D eigenvalue weighted by Crippen LogP contribution is -2.64. The van der Waals surface area contributed by atoms with E-state index in [9.17, 15) is 51.8 Å². The molecule has 22 nitrogen and oxygen atoms in total. The molecule has 90 heavy (non-hydrogen) atoms. The van der Waals surface area contributed by atoms with Crippen LogP contribution in [-0.2, 0) is 60.5 Å². The van der Waals surface area contributed by atoms with E-state index in [1.54, 1.807) is 27.7 Å². The lowest BCUT2D eigenvalue weighted by Gasteiger charge is -2.41. The van der Waals surface area contributed by atoms with Crippen molar-refractivity contribution in [1.82, 2.24) is 55.6 Å². The van der Waals surface area contributed by atoms with E-state index in [-0.39, 0.29) is 87.5 Å². The maximum atomic E-state index is 15.3. The number of amides is 10. The van der Waals surface area contributed by atoms with Crippen molar-refractivity contribution >= 4 is 70.7 Å². The summed E-state index contributed by atoms with van der Waals surface area (Å²) in [7, 11) is 7.20. The second-order valence-electron chi connectivity index (χ2n) is 25.9. The lowest BCUT2D eigenvalue weighted by molar-refractivity contribution is -0.152. The van der Waals surface area contributed by atoms with Gasteiger partial charge in [0.1, 0.15) is 53.4 Å². The van der Waals surface area contributed by atoms with Crippen molar-refractivity contribution < 1.29 is 66.2 Å². The first kappa shape index (κ1) is 72.5. The zero-order chi connectivity index (χ0) is 66.7. The molecular formula is C64H95ClF3N11O11. The van der Waals surface area contributed by atoms with Crippen molar-refractivity contribution in [3.63, 3.8) is 0 Å². The molecule has 1 aromatic rings. The molecule has 5 aliphatic rings. The fourth-order valence-electron chi connectivity index (χ4n) is 13.2. The quantitative estimate of drug-likeness (QED) is 0.224. The monoisotopic (exact) mass is 1290 g/mol. The van der Waals surface area contributed by atoms with Crippen LogP contribution in [-0.4, -0.2) is 208 Å². The molecule has 1 unspecified atom stereocenters. The molecule has 1 aromatic carbocycles. The summed E-state index contributed by atoms with van der Waals surface area (Å²) in [6, 6.07) is -3.41. The van der Waals surface area contributed by atoms with E-state index < -0.39 is 142 Å². The highest BCUT2D eigenvalue weighted by atomic mass is 35.5. The Labute approximate surface area is 532 Å². The molecule has 3 saturated heterocycles. The normalized spacial score (nSPS) is 27.7. The average Bonchev–Trinajstić information content (AvgIpc) is 1.52. The summed E-state index contributed by atoms with van der Waals surface area (Å²) in [5.74, 6) is -7.35. The van der Waals surface area contributed by atoms with Gasteiger partial charge in [0.05, 0.1) is 23.7 Å². The van der Waals surface area contributed by atoms with E-state index in [1.165, 1.54) is 76.8 Å². The van der Waals surface area contributed by atoms with Crippen LogP contribution in [0.4, 0.5) is 13.2 Å². The van der Waals surface area contributed by atoms with Crippen molar-refractivity contribution in [1.29, 1.82) is 0 Å². The zero-order valence-electron chi connectivity index (χ0n) is 54.0. The molecule has 0 bridgehead atoms. The Balaban J connectivity index is 1.39. The van der Waals surface area contributed by atoms with Gasteiger partial charge in [-0.15, -0.1) is 0 Å². The summed E-state index contributed by atoms with van der Waals surface area (Å²) in [5.41, 5.74) is -2.95. The number of benzene rings is 1. The Morgan fingerprint density at radius 2 is 1.39 bits per heavy atom. The van der Waals surface area contributed by atoms with Crippen molar-refractivity contribution in [3.05, 3.63) is 58.4 Å². The Bertz CT molecular complexity index is 2860. The van der Waals surface area contributed by atoms with E-state index in [0.717, 1.165) is 49.1 Å². The van der Waals surface area contributed by atoms with Crippen molar-refractivity contribution in [2.45, 2.75) is 204 Å². The Hall–Kier alpha value is -6.60. The predicted molar refractivity (Wildman–Crippen MR) is 331 cm³/mol.